The number of carbonyl (C=O) groups is 2. The molecule has 9 heteroatoms. The largest absolute Gasteiger partial charge is 0.481 e. The molecule has 2 saturated heterocycles. The van der Waals surface area contributed by atoms with Gasteiger partial charge in [0.15, 0.2) is 6.29 Å². The molecule has 4 atom stereocenters. The lowest BCUT2D eigenvalue weighted by Crippen LogP contribution is -2.38. The smallest absolute Gasteiger partial charge is 0.303 e. The van der Waals surface area contributed by atoms with Gasteiger partial charge in [0.1, 0.15) is 0 Å². The molecule has 2 aliphatic heterocycles. The van der Waals surface area contributed by atoms with Crippen LogP contribution in [0.4, 0.5) is 0 Å². The van der Waals surface area contributed by atoms with E-state index in [0.29, 0.717) is 38.8 Å². The summed E-state index contributed by atoms with van der Waals surface area (Å²) in [7, 11) is 0. The number of aliphatic hydroxyl groups is 2. The van der Waals surface area contributed by atoms with Crippen molar-refractivity contribution in [3.05, 3.63) is 95.1 Å². The maximum absolute atomic E-state index is 12.3. The van der Waals surface area contributed by atoms with Gasteiger partial charge in [-0.1, -0.05) is 72.8 Å². The van der Waals surface area contributed by atoms with Crippen molar-refractivity contribution in [2.45, 2.75) is 76.3 Å². The Kier molecular flexibility index (Phi) is 11.1. The van der Waals surface area contributed by atoms with E-state index in [0.717, 1.165) is 52.9 Å². The number of benzene rings is 3. The average molecular weight is 603 g/mol. The van der Waals surface area contributed by atoms with Gasteiger partial charge in [0.25, 0.3) is 0 Å². The quantitative estimate of drug-likeness (QED) is 0.207. The first-order valence-electron chi connectivity index (χ1n) is 15.5. The van der Waals surface area contributed by atoms with Crippen LogP contribution < -0.4 is 5.32 Å². The van der Waals surface area contributed by atoms with E-state index in [1.54, 1.807) is 0 Å². The van der Waals surface area contributed by atoms with Crippen LogP contribution >= 0.6 is 0 Å². The molecular weight excluding hydrogens is 560 g/mol. The van der Waals surface area contributed by atoms with Crippen LogP contribution in [0.2, 0.25) is 0 Å². The number of nitrogens with one attached hydrogen (secondary N) is 1. The van der Waals surface area contributed by atoms with Crippen molar-refractivity contribution in [3.8, 4) is 11.1 Å². The molecule has 2 aliphatic rings. The van der Waals surface area contributed by atoms with Crippen LogP contribution in [0.1, 0.15) is 73.2 Å². The van der Waals surface area contributed by atoms with Crippen LogP contribution in [0.3, 0.4) is 0 Å². The zero-order valence-electron chi connectivity index (χ0n) is 24.9. The molecule has 3 aromatic rings. The number of likely N-dealkylation sites (tertiary alicyclic amines) is 1. The Morgan fingerprint density at radius 3 is 2.34 bits per heavy atom. The van der Waals surface area contributed by atoms with Crippen molar-refractivity contribution in [1.29, 1.82) is 0 Å². The zero-order chi connectivity index (χ0) is 30.9. The summed E-state index contributed by atoms with van der Waals surface area (Å²) in [6.07, 6.45) is 1.77. The summed E-state index contributed by atoms with van der Waals surface area (Å²) in [5.41, 5.74) is 5.81. The van der Waals surface area contributed by atoms with E-state index < -0.39 is 12.3 Å². The molecule has 0 unspecified atom stereocenters. The van der Waals surface area contributed by atoms with Gasteiger partial charge in [-0.25, -0.2) is 0 Å². The maximum Gasteiger partial charge on any atom is 0.303 e. The number of β-amino-alcohol motifs (C(OH)–C–C–N with tert-alkyl or cyclic N) is 1. The molecule has 2 heterocycles. The molecule has 0 saturated carbocycles. The number of carboxylic acids is 1. The lowest BCUT2D eigenvalue weighted by Gasteiger charge is -2.38. The fraction of sp³-hybridized carbons (Fsp3) is 0.429. The topological polar surface area (TPSA) is 129 Å². The molecule has 44 heavy (non-hydrogen) atoms. The van der Waals surface area contributed by atoms with E-state index >= 15 is 0 Å². The Morgan fingerprint density at radius 1 is 0.909 bits per heavy atom. The number of carbonyl (C=O) groups excluding carboxylic acids is 1. The molecule has 2 fully saturated rings. The number of hydrogen-bond donors (Lipinski definition) is 4. The minimum Gasteiger partial charge on any atom is -0.481 e. The molecular formula is C35H42N2O7. The van der Waals surface area contributed by atoms with Gasteiger partial charge >= 0.3 is 5.97 Å². The third-order valence-electron chi connectivity index (χ3n) is 8.36. The summed E-state index contributed by atoms with van der Waals surface area (Å²) in [6, 6.07) is 23.9. The molecule has 234 valence electrons. The number of hydrogen-bond acceptors (Lipinski definition) is 7. The summed E-state index contributed by atoms with van der Waals surface area (Å²) in [6.45, 7) is 2.60. The maximum atomic E-state index is 12.3. The first-order chi connectivity index (χ1) is 21.4. The minimum atomic E-state index is -0.844. The number of amides is 1. The normalized spacial score (nSPS) is 22.1. The monoisotopic (exact) mass is 602 g/mol. The highest BCUT2D eigenvalue weighted by molar-refractivity contribution is 5.76. The van der Waals surface area contributed by atoms with Gasteiger partial charge in [-0.2, -0.15) is 0 Å². The van der Waals surface area contributed by atoms with Crippen LogP contribution in [0.15, 0.2) is 72.8 Å². The predicted octanol–water partition coefficient (Wildman–Crippen LogP) is 4.72. The lowest BCUT2D eigenvalue weighted by atomic mass is 9.97. The summed E-state index contributed by atoms with van der Waals surface area (Å²) in [5.74, 6) is -0.936. The summed E-state index contributed by atoms with van der Waals surface area (Å²) in [4.78, 5) is 25.3. The number of carboxylic acid groups (broad SMARTS) is 1. The second-order valence-electron chi connectivity index (χ2n) is 11.7. The van der Waals surface area contributed by atoms with Gasteiger partial charge < -0.3 is 30.1 Å². The van der Waals surface area contributed by atoms with E-state index in [2.05, 4.69) is 10.2 Å². The lowest BCUT2D eigenvalue weighted by molar-refractivity contribution is -0.252. The average Bonchev–Trinajstić information content (AvgIpc) is 3.46. The van der Waals surface area contributed by atoms with Gasteiger partial charge in [-0.05, 0) is 47.1 Å². The van der Waals surface area contributed by atoms with Crippen LogP contribution in [-0.4, -0.2) is 63.9 Å². The third-order valence-corrected chi connectivity index (χ3v) is 8.36. The van der Waals surface area contributed by atoms with E-state index in [4.69, 9.17) is 14.6 Å². The van der Waals surface area contributed by atoms with Crippen LogP contribution in [0.25, 0.3) is 11.1 Å². The molecule has 0 bridgehead atoms. The second-order valence-corrected chi connectivity index (χ2v) is 11.7. The summed E-state index contributed by atoms with van der Waals surface area (Å²) >= 11 is 0. The summed E-state index contributed by atoms with van der Waals surface area (Å²) in [5, 5.41) is 31.2. The van der Waals surface area contributed by atoms with Gasteiger partial charge in [0.2, 0.25) is 5.91 Å². The summed E-state index contributed by atoms with van der Waals surface area (Å²) < 4.78 is 13.0. The Labute approximate surface area is 258 Å². The van der Waals surface area contributed by atoms with Crippen molar-refractivity contribution < 1.29 is 34.4 Å². The van der Waals surface area contributed by atoms with E-state index in [-0.39, 0.29) is 37.2 Å². The molecule has 3 aromatic carbocycles. The number of nitrogens with zero attached hydrogens (tertiary/aromatic N) is 1. The molecule has 5 rings (SSSR count). The highest BCUT2D eigenvalue weighted by atomic mass is 16.7. The second kappa shape index (κ2) is 15.4. The number of unbranched alkanes of at least 4 members (excludes halogenated alkanes) is 1. The number of ether oxygens (including phenoxy) is 2. The Balaban J connectivity index is 1.27. The van der Waals surface area contributed by atoms with E-state index in [1.165, 1.54) is 0 Å². The molecule has 4 N–H and O–H groups in total. The predicted molar refractivity (Wildman–Crippen MR) is 165 cm³/mol. The van der Waals surface area contributed by atoms with Crippen molar-refractivity contribution in [2.75, 3.05) is 19.6 Å². The number of aliphatic hydroxyl groups excluding tert-OH is 2. The molecule has 0 radical (unpaired) electrons. The van der Waals surface area contributed by atoms with Crippen molar-refractivity contribution in [2.24, 2.45) is 0 Å². The fourth-order valence-corrected chi connectivity index (χ4v) is 5.92. The third kappa shape index (κ3) is 8.74. The molecule has 1 amide bonds. The zero-order valence-corrected chi connectivity index (χ0v) is 24.9. The van der Waals surface area contributed by atoms with Crippen LogP contribution in [0, 0.1) is 0 Å². The standard InChI is InChI=1S/C35H42N2O7/c38-23-24-9-11-26(12-10-24)32-19-30(22-37-18-17-29(39)21-37)43-35(44-32)27-15-13-25(14-16-27)31-6-2-1-5-28(31)20-36-33(40)7-3-4-8-34(41)42/h1-2,5-6,9-16,29-30,32,35,38-39H,3-4,7-8,17-23H2,(H,36,40)(H,41,42)/t29-,30+,32-,35-/m0/s1. The Morgan fingerprint density at radius 2 is 1.64 bits per heavy atom. The number of rotatable bonds is 13. The fourth-order valence-electron chi connectivity index (χ4n) is 5.92. The van der Waals surface area contributed by atoms with Gasteiger partial charge in [-0.15, -0.1) is 0 Å². The van der Waals surface area contributed by atoms with Crippen molar-refractivity contribution in [3.63, 3.8) is 0 Å². The molecule has 0 aliphatic carbocycles. The van der Waals surface area contributed by atoms with Gasteiger partial charge in [-0.3, -0.25) is 14.5 Å². The highest BCUT2D eigenvalue weighted by Crippen LogP contribution is 2.39. The van der Waals surface area contributed by atoms with E-state index in [1.807, 2.05) is 72.8 Å². The minimum absolute atomic E-state index is 0.00605. The Bertz CT molecular complexity index is 1380. The van der Waals surface area contributed by atoms with Crippen molar-refractivity contribution in [1.82, 2.24) is 10.2 Å². The highest BCUT2D eigenvalue weighted by Gasteiger charge is 2.34. The van der Waals surface area contributed by atoms with Crippen LogP contribution in [0.5, 0.6) is 0 Å². The SMILES string of the molecule is O=C(O)CCCCC(=O)NCc1ccccc1-c1ccc([C@H]2O[C@@H](CN3CC[C@H](O)C3)C[C@@H](c3ccc(CO)cc3)O2)cc1. The first-order valence-corrected chi connectivity index (χ1v) is 15.5. The molecule has 0 aromatic heterocycles. The Hall–Kier alpha value is -3.60. The van der Waals surface area contributed by atoms with Gasteiger partial charge in [0, 0.05) is 51.0 Å². The van der Waals surface area contributed by atoms with Crippen molar-refractivity contribution >= 4 is 11.9 Å². The molecule has 9 nitrogen and oxygen atoms in total. The first kappa shape index (κ1) is 31.8. The van der Waals surface area contributed by atoms with Gasteiger partial charge in [0.05, 0.1) is 24.9 Å². The molecule has 0 spiro atoms. The van der Waals surface area contributed by atoms with E-state index in [9.17, 15) is 19.8 Å². The number of aliphatic carboxylic acids is 1. The van der Waals surface area contributed by atoms with Crippen LogP contribution in [-0.2, 0) is 32.2 Å².